The molecule has 4 rings (SSSR count). The van der Waals surface area contributed by atoms with Gasteiger partial charge >= 0.3 is 0 Å². The first kappa shape index (κ1) is 13.0. The SMILES string of the molecule is O=S(C/C=C1\CC2c3ccccc3CC12)c1ccccc1. The van der Waals surface area contributed by atoms with Crippen LogP contribution in [0.3, 0.4) is 0 Å². The highest BCUT2D eigenvalue weighted by atomic mass is 32.2. The van der Waals surface area contributed by atoms with Crippen molar-refractivity contribution < 1.29 is 4.21 Å². The first-order chi connectivity index (χ1) is 10.3. The third-order valence-electron chi connectivity index (χ3n) is 4.81. The number of fused-ring (bicyclic) bond motifs is 3. The van der Waals surface area contributed by atoms with Gasteiger partial charge in [-0.1, -0.05) is 54.1 Å². The molecule has 1 saturated carbocycles. The van der Waals surface area contributed by atoms with Gasteiger partial charge in [0.2, 0.25) is 0 Å². The fourth-order valence-corrected chi connectivity index (χ4v) is 4.67. The Kier molecular flexibility index (Phi) is 3.27. The maximum atomic E-state index is 12.3. The Hall–Kier alpha value is -1.67. The molecule has 2 aromatic carbocycles. The van der Waals surface area contributed by atoms with Crippen LogP contribution < -0.4 is 0 Å². The number of allylic oxidation sites excluding steroid dienone is 1. The van der Waals surface area contributed by atoms with E-state index in [1.165, 1.54) is 17.6 Å². The second-order valence-electron chi connectivity index (χ2n) is 5.92. The number of hydrogen-bond acceptors (Lipinski definition) is 1. The minimum Gasteiger partial charge on any atom is -0.254 e. The molecule has 0 bridgehead atoms. The Morgan fingerprint density at radius 2 is 1.71 bits per heavy atom. The quantitative estimate of drug-likeness (QED) is 0.780. The van der Waals surface area contributed by atoms with Gasteiger partial charge in [0.25, 0.3) is 0 Å². The zero-order chi connectivity index (χ0) is 14.2. The monoisotopic (exact) mass is 294 g/mol. The Bertz CT molecular complexity index is 717. The molecule has 0 saturated heterocycles. The van der Waals surface area contributed by atoms with E-state index in [2.05, 4.69) is 30.3 Å². The summed E-state index contributed by atoms with van der Waals surface area (Å²) >= 11 is 0. The summed E-state index contributed by atoms with van der Waals surface area (Å²) in [6, 6.07) is 18.6. The van der Waals surface area contributed by atoms with E-state index in [0.717, 1.165) is 17.2 Å². The average Bonchev–Trinajstić information content (AvgIpc) is 2.81. The lowest BCUT2D eigenvalue weighted by Gasteiger charge is -2.35. The molecule has 106 valence electrons. The third kappa shape index (κ3) is 2.28. The molecule has 1 fully saturated rings. The van der Waals surface area contributed by atoms with Crippen molar-refractivity contribution in [2.24, 2.45) is 5.92 Å². The Morgan fingerprint density at radius 3 is 2.57 bits per heavy atom. The van der Waals surface area contributed by atoms with Crippen molar-refractivity contribution in [1.29, 1.82) is 0 Å². The molecule has 0 radical (unpaired) electrons. The largest absolute Gasteiger partial charge is 0.254 e. The zero-order valence-corrected chi connectivity index (χ0v) is 12.7. The highest BCUT2D eigenvalue weighted by Gasteiger charge is 2.42. The first-order valence-corrected chi connectivity index (χ1v) is 8.85. The van der Waals surface area contributed by atoms with Gasteiger partial charge in [-0.05, 0) is 47.9 Å². The van der Waals surface area contributed by atoms with Gasteiger partial charge in [-0.15, -0.1) is 0 Å². The van der Waals surface area contributed by atoms with E-state index >= 15 is 0 Å². The highest BCUT2D eigenvalue weighted by Crippen LogP contribution is 2.54. The van der Waals surface area contributed by atoms with Crippen LogP contribution in [0.25, 0.3) is 0 Å². The summed E-state index contributed by atoms with van der Waals surface area (Å²) in [5, 5.41) is 0. The summed E-state index contributed by atoms with van der Waals surface area (Å²) in [4.78, 5) is 0.930. The predicted octanol–water partition coefficient (Wildman–Crippen LogP) is 4.08. The molecule has 3 unspecified atom stereocenters. The summed E-state index contributed by atoms with van der Waals surface area (Å²) in [6.07, 6.45) is 4.56. The maximum Gasteiger partial charge on any atom is 0.0568 e. The lowest BCUT2D eigenvalue weighted by molar-refractivity contribution is 0.400. The molecule has 1 nitrogen and oxygen atoms in total. The fraction of sp³-hybridized carbons (Fsp3) is 0.263. The van der Waals surface area contributed by atoms with E-state index in [4.69, 9.17) is 0 Å². The van der Waals surface area contributed by atoms with Crippen LogP contribution in [-0.4, -0.2) is 9.96 Å². The van der Waals surface area contributed by atoms with Crippen molar-refractivity contribution in [2.45, 2.75) is 23.7 Å². The summed E-state index contributed by atoms with van der Waals surface area (Å²) in [5.74, 6) is 2.05. The molecule has 0 amide bonds. The molecule has 3 atom stereocenters. The van der Waals surface area contributed by atoms with Gasteiger partial charge in [-0.2, -0.15) is 0 Å². The van der Waals surface area contributed by atoms with E-state index in [1.807, 2.05) is 30.3 Å². The molecule has 0 spiro atoms. The van der Waals surface area contributed by atoms with Crippen LogP contribution in [0.15, 0.2) is 71.1 Å². The minimum absolute atomic E-state index is 0.652. The molecule has 0 aromatic heterocycles. The summed E-state index contributed by atoms with van der Waals surface area (Å²) < 4.78 is 12.3. The van der Waals surface area contributed by atoms with Crippen LogP contribution in [0, 0.1) is 5.92 Å². The molecule has 21 heavy (non-hydrogen) atoms. The molecule has 2 aliphatic rings. The van der Waals surface area contributed by atoms with E-state index < -0.39 is 10.8 Å². The van der Waals surface area contributed by atoms with Crippen LogP contribution in [0.4, 0.5) is 0 Å². The number of benzene rings is 2. The van der Waals surface area contributed by atoms with Crippen molar-refractivity contribution in [1.82, 2.24) is 0 Å². The minimum atomic E-state index is -0.906. The topological polar surface area (TPSA) is 17.1 Å². The number of hydrogen-bond donors (Lipinski definition) is 0. The molecular weight excluding hydrogens is 276 g/mol. The van der Waals surface area contributed by atoms with Crippen LogP contribution in [0.5, 0.6) is 0 Å². The van der Waals surface area contributed by atoms with E-state index in [0.29, 0.717) is 11.7 Å². The standard InChI is InChI=1S/C19H18OS/c20-21(16-7-2-1-3-8-16)11-10-15-13-19-17-9-5-4-6-14(17)12-18(15)19/h1-10,18-19H,11-13H2/b15-10+. The summed E-state index contributed by atoms with van der Waals surface area (Å²) in [7, 11) is -0.906. The Balaban J connectivity index is 1.45. The smallest absolute Gasteiger partial charge is 0.0568 e. The van der Waals surface area contributed by atoms with Crippen molar-refractivity contribution in [3.05, 3.63) is 77.4 Å². The van der Waals surface area contributed by atoms with Crippen molar-refractivity contribution >= 4 is 10.8 Å². The molecule has 2 aliphatic carbocycles. The Labute approximate surface area is 128 Å². The normalized spacial score (nSPS) is 26.0. The molecular formula is C19H18OS. The Morgan fingerprint density at radius 1 is 0.952 bits per heavy atom. The van der Waals surface area contributed by atoms with Gasteiger partial charge in [-0.3, -0.25) is 4.21 Å². The number of rotatable bonds is 3. The van der Waals surface area contributed by atoms with Crippen LogP contribution in [0.2, 0.25) is 0 Å². The van der Waals surface area contributed by atoms with Gasteiger partial charge in [0, 0.05) is 10.6 Å². The molecule has 0 heterocycles. The van der Waals surface area contributed by atoms with Crippen LogP contribution >= 0.6 is 0 Å². The highest BCUT2D eigenvalue weighted by molar-refractivity contribution is 7.85. The van der Waals surface area contributed by atoms with Gasteiger partial charge in [-0.25, -0.2) is 0 Å². The van der Waals surface area contributed by atoms with E-state index in [9.17, 15) is 4.21 Å². The zero-order valence-electron chi connectivity index (χ0n) is 11.9. The van der Waals surface area contributed by atoms with Crippen molar-refractivity contribution in [2.75, 3.05) is 5.75 Å². The maximum absolute atomic E-state index is 12.3. The van der Waals surface area contributed by atoms with Gasteiger partial charge in [0.05, 0.1) is 10.8 Å². The van der Waals surface area contributed by atoms with E-state index in [-0.39, 0.29) is 0 Å². The fourth-order valence-electron chi connectivity index (χ4n) is 3.65. The second-order valence-corrected chi connectivity index (χ2v) is 7.42. The second kappa shape index (κ2) is 5.27. The third-order valence-corrected chi connectivity index (χ3v) is 6.08. The van der Waals surface area contributed by atoms with E-state index in [1.54, 1.807) is 5.56 Å². The first-order valence-electron chi connectivity index (χ1n) is 7.53. The van der Waals surface area contributed by atoms with Gasteiger partial charge in [0.15, 0.2) is 0 Å². The van der Waals surface area contributed by atoms with Crippen LogP contribution in [-0.2, 0) is 17.2 Å². The molecule has 2 heteroatoms. The van der Waals surface area contributed by atoms with Gasteiger partial charge in [0.1, 0.15) is 0 Å². The van der Waals surface area contributed by atoms with Crippen molar-refractivity contribution in [3.8, 4) is 0 Å². The molecule has 2 aromatic rings. The summed E-state index contributed by atoms with van der Waals surface area (Å²) in [6.45, 7) is 0. The average molecular weight is 294 g/mol. The molecule has 0 N–H and O–H groups in total. The summed E-state index contributed by atoms with van der Waals surface area (Å²) in [5.41, 5.74) is 4.57. The predicted molar refractivity (Wildman–Crippen MR) is 86.8 cm³/mol. The molecule has 0 aliphatic heterocycles. The van der Waals surface area contributed by atoms with Gasteiger partial charge < -0.3 is 0 Å². The lowest BCUT2D eigenvalue weighted by atomic mass is 9.70. The van der Waals surface area contributed by atoms with Crippen LogP contribution in [0.1, 0.15) is 23.5 Å². The van der Waals surface area contributed by atoms with Crippen molar-refractivity contribution in [3.63, 3.8) is 0 Å². The lowest BCUT2D eigenvalue weighted by Crippen LogP contribution is -2.23.